The van der Waals surface area contributed by atoms with Gasteiger partial charge in [0.15, 0.2) is 0 Å². The number of nitrogens with zero attached hydrogens (tertiary/aromatic N) is 1. The third-order valence-electron chi connectivity index (χ3n) is 3.15. The highest BCUT2D eigenvalue weighted by Gasteiger charge is 2.17. The van der Waals surface area contributed by atoms with E-state index in [1.54, 1.807) is 0 Å². The zero-order valence-corrected chi connectivity index (χ0v) is 11.0. The first-order chi connectivity index (χ1) is 8.60. The van der Waals surface area contributed by atoms with Gasteiger partial charge in [0, 0.05) is 17.4 Å². The predicted molar refractivity (Wildman–Crippen MR) is 72.0 cm³/mol. The Morgan fingerprint density at radius 3 is 2.67 bits per heavy atom. The number of benzene rings is 1. The van der Waals surface area contributed by atoms with Crippen molar-refractivity contribution in [3.05, 3.63) is 29.5 Å². The van der Waals surface area contributed by atoms with Gasteiger partial charge in [-0.15, -0.1) is 0 Å². The number of aromatic nitrogens is 1. The molecule has 0 fully saturated rings. The number of hydrogen-bond donors (Lipinski definition) is 1. The van der Waals surface area contributed by atoms with Crippen molar-refractivity contribution in [3.8, 4) is 5.75 Å². The van der Waals surface area contributed by atoms with E-state index in [0.717, 1.165) is 28.8 Å². The van der Waals surface area contributed by atoms with Crippen molar-refractivity contribution >= 4 is 16.8 Å². The lowest BCUT2D eigenvalue weighted by atomic mass is 10.1. The Balaban J connectivity index is 2.72. The van der Waals surface area contributed by atoms with E-state index < -0.39 is 0 Å². The number of nitrogens with two attached hydrogens (primary N) is 1. The minimum Gasteiger partial charge on any atom is -0.494 e. The Morgan fingerprint density at radius 2 is 2.11 bits per heavy atom. The van der Waals surface area contributed by atoms with E-state index in [-0.39, 0.29) is 5.91 Å². The van der Waals surface area contributed by atoms with Gasteiger partial charge in [-0.25, -0.2) is 0 Å². The fourth-order valence-electron chi connectivity index (χ4n) is 2.40. The fraction of sp³-hybridized carbons (Fsp3) is 0.357. The van der Waals surface area contributed by atoms with Gasteiger partial charge in [0.25, 0.3) is 5.91 Å². The quantitative estimate of drug-likeness (QED) is 0.901. The Bertz CT molecular complexity index is 599. The molecule has 96 valence electrons. The average Bonchev–Trinajstić information content (AvgIpc) is 2.62. The van der Waals surface area contributed by atoms with Gasteiger partial charge < -0.3 is 15.0 Å². The number of fused-ring (bicyclic) bond motifs is 1. The summed E-state index contributed by atoms with van der Waals surface area (Å²) in [5.41, 5.74) is 7.98. The summed E-state index contributed by atoms with van der Waals surface area (Å²) in [6, 6.07) is 5.86. The first kappa shape index (κ1) is 12.5. The van der Waals surface area contributed by atoms with Crippen LogP contribution in [-0.2, 0) is 6.54 Å². The monoisotopic (exact) mass is 246 g/mol. The van der Waals surface area contributed by atoms with Crippen molar-refractivity contribution in [3.63, 3.8) is 0 Å². The second-order valence-electron chi connectivity index (χ2n) is 4.19. The van der Waals surface area contributed by atoms with Gasteiger partial charge in [0.05, 0.1) is 6.61 Å². The largest absolute Gasteiger partial charge is 0.494 e. The number of carbonyl (C=O) groups excluding carboxylic acids is 1. The van der Waals surface area contributed by atoms with Crippen LogP contribution in [0.4, 0.5) is 0 Å². The molecular formula is C14H18N2O2. The van der Waals surface area contributed by atoms with Gasteiger partial charge in [-0.05, 0) is 44.5 Å². The lowest BCUT2D eigenvalue weighted by molar-refractivity contribution is 0.0991. The molecule has 1 aromatic carbocycles. The molecule has 0 spiro atoms. The molecule has 0 unspecified atom stereocenters. The molecule has 18 heavy (non-hydrogen) atoms. The summed E-state index contributed by atoms with van der Waals surface area (Å²) in [5.74, 6) is 0.431. The minimum absolute atomic E-state index is 0.386. The van der Waals surface area contributed by atoms with Crippen LogP contribution in [0.5, 0.6) is 5.75 Å². The fourth-order valence-corrected chi connectivity index (χ4v) is 2.40. The van der Waals surface area contributed by atoms with Crippen LogP contribution in [0, 0.1) is 6.92 Å². The van der Waals surface area contributed by atoms with Gasteiger partial charge in [-0.1, -0.05) is 0 Å². The van der Waals surface area contributed by atoms with E-state index in [4.69, 9.17) is 10.5 Å². The number of hydrogen-bond acceptors (Lipinski definition) is 2. The molecular weight excluding hydrogens is 228 g/mol. The number of carbonyl (C=O) groups is 1. The molecule has 0 aliphatic rings. The highest BCUT2D eigenvalue weighted by atomic mass is 16.5. The van der Waals surface area contributed by atoms with E-state index in [9.17, 15) is 4.79 Å². The van der Waals surface area contributed by atoms with E-state index in [1.807, 2.05) is 43.5 Å². The predicted octanol–water partition coefficient (Wildman–Crippen LogP) is 2.47. The van der Waals surface area contributed by atoms with E-state index in [2.05, 4.69) is 0 Å². The third kappa shape index (κ3) is 1.83. The van der Waals surface area contributed by atoms with Crippen LogP contribution in [0.3, 0.4) is 0 Å². The van der Waals surface area contributed by atoms with Crippen LogP contribution in [-0.4, -0.2) is 17.1 Å². The molecule has 0 saturated heterocycles. The number of aryl methyl sites for hydroxylation is 2. The number of ether oxygens (including phenoxy) is 1. The molecule has 4 heteroatoms. The van der Waals surface area contributed by atoms with Crippen molar-refractivity contribution in [2.24, 2.45) is 5.73 Å². The van der Waals surface area contributed by atoms with Gasteiger partial charge in [-0.2, -0.15) is 0 Å². The number of rotatable bonds is 4. The topological polar surface area (TPSA) is 57.2 Å². The smallest absolute Gasteiger partial charge is 0.265 e. The van der Waals surface area contributed by atoms with Crippen molar-refractivity contribution in [1.82, 2.24) is 4.57 Å². The molecule has 1 amide bonds. The van der Waals surface area contributed by atoms with Crippen molar-refractivity contribution in [2.45, 2.75) is 27.3 Å². The molecule has 2 N–H and O–H groups in total. The first-order valence-electron chi connectivity index (χ1n) is 6.15. The van der Waals surface area contributed by atoms with Crippen molar-refractivity contribution in [2.75, 3.05) is 6.61 Å². The van der Waals surface area contributed by atoms with Gasteiger partial charge in [-0.3, -0.25) is 4.79 Å². The molecule has 0 saturated carbocycles. The van der Waals surface area contributed by atoms with Crippen LogP contribution in [0.15, 0.2) is 18.2 Å². The highest BCUT2D eigenvalue weighted by Crippen LogP contribution is 2.29. The molecule has 0 aliphatic carbocycles. The van der Waals surface area contributed by atoms with Gasteiger partial charge >= 0.3 is 0 Å². The maximum absolute atomic E-state index is 11.6. The maximum atomic E-state index is 11.6. The van der Waals surface area contributed by atoms with Gasteiger partial charge in [0.2, 0.25) is 0 Å². The summed E-state index contributed by atoms with van der Waals surface area (Å²) >= 11 is 0. The second kappa shape index (κ2) is 4.72. The highest BCUT2D eigenvalue weighted by molar-refractivity contribution is 6.01. The molecule has 0 atom stereocenters. The second-order valence-corrected chi connectivity index (χ2v) is 4.19. The lowest BCUT2D eigenvalue weighted by Crippen LogP contribution is -2.17. The van der Waals surface area contributed by atoms with E-state index >= 15 is 0 Å². The molecule has 1 aromatic heterocycles. The molecule has 0 radical (unpaired) electrons. The summed E-state index contributed by atoms with van der Waals surface area (Å²) < 4.78 is 7.43. The van der Waals surface area contributed by atoms with E-state index in [1.165, 1.54) is 0 Å². The summed E-state index contributed by atoms with van der Waals surface area (Å²) in [4.78, 5) is 11.6. The molecule has 0 aliphatic heterocycles. The van der Waals surface area contributed by atoms with Crippen LogP contribution >= 0.6 is 0 Å². The third-order valence-corrected chi connectivity index (χ3v) is 3.15. The SMILES string of the molecule is CCOc1ccc2c(c1)c(C)c(C(N)=O)n2CC. The first-order valence-corrected chi connectivity index (χ1v) is 6.15. The van der Waals surface area contributed by atoms with Gasteiger partial charge in [0.1, 0.15) is 11.4 Å². The molecule has 1 heterocycles. The van der Waals surface area contributed by atoms with Crippen LogP contribution < -0.4 is 10.5 Å². The number of primary amides is 1. The van der Waals surface area contributed by atoms with E-state index in [0.29, 0.717) is 12.3 Å². The van der Waals surface area contributed by atoms with Crippen LogP contribution in [0.2, 0.25) is 0 Å². The normalized spacial score (nSPS) is 10.8. The summed E-state index contributed by atoms with van der Waals surface area (Å²) in [6.07, 6.45) is 0. The summed E-state index contributed by atoms with van der Waals surface area (Å²) in [7, 11) is 0. The van der Waals surface area contributed by atoms with Crippen molar-refractivity contribution in [1.29, 1.82) is 0 Å². The average molecular weight is 246 g/mol. The maximum Gasteiger partial charge on any atom is 0.265 e. The standard InChI is InChI=1S/C14H18N2O2/c1-4-16-12-7-6-10(18-5-2)8-11(12)9(3)13(16)14(15)17/h6-8H,4-5H2,1-3H3,(H2,15,17). The Labute approximate surface area is 106 Å². The summed E-state index contributed by atoms with van der Waals surface area (Å²) in [6.45, 7) is 7.22. The Hall–Kier alpha value is -1.97. The van der Waals surface area contributed by atoms with Crippen molar-refractivity contribution < 1.29 is 9.53 Å². The Morgan fingerprint density at radius 1 is 1.39 bits per heavy atom. The number of amides is 1. The zero-order valence-electron chi connectivity index (χ0n) is 11.0. The zero-order chi connectivity index (χ0) is 13.3. The van der Waals surface area contributed by atoms with Crippen LogP contribution in [0.1, 0.15) is 29.9 Å². The minimum atomic E-state index is -0.386. The lowest BCUT2D eigenvalue weighted by Gasteiger charge is -2.06. The molecule has 2 rings (SSSR count). The molecule has 4 nitrogen and oxygen atoms in total. The Kier molecular flexibility index (Phi) is 3.28. The van der Waals surface area contributed by atoms with Crippen LogP contribution in [0.25, 0.3) is 10.9 Å². The summed E-state index contributed by atoms with van der Waals surface area (Å²) in [5, 5.41) is 1.02. The molecule has 2 aromatic rings. The molecule has 0 bridgehead atoms.